The van der Waals surface area contributed by atoms with Gasteiger partial charge in [-0.2, -0.15) is 0 Å². The van der Waals surface area contributed by atoms with Crippen LogP contribution in [-0.4, -0.2) is 51.4 Å². The van der Waals surface area contributed by atoms with Crippen molar-refractivity contribution in [2.24, 2.45) is 0 Å². The van der Waals surface area contributed by atoms with Gasteiger partial charge in [-0.3, -0.25) is 9.69 Å². The maximum atomic E-state index is 12.4. The van der Waals surface area contributed by atoms with Crippen molar-refractivity contribution in [3.63, 3.8) is 0 Å². The van der Waals surface area contributed by atoms with Crippen LogP contribution >= 0.6 is 23.2 Å². The molecule has 0 radical (unpaired) electrons. The van der Waals surface area contributed by atoms with Crippen LogP contribution in [0, 0.1) is 0 Å². The molecule has 3 rings (SSSR count). The second kappa shape index (κ2) is 8.01. The zero-order valence-electron chi connectivity index (χ0n) is 13.4. The molecule has 1 aliphatic heterocycles. The summed E-state index contributed by atoms with van der Waals surface area (Å²) in [4.78, 5) is 20.5. The first-order valence-corrected chi connectivity index (χ1v) is 8.77. The number of piperazine rings is 1. The molecule has 1 aromatic heterocycles. The fourth-order valence-corrected chi connectivity index (χ4v) is 3.33. The van der Waals surface area contributed by atoms with E-state index in [0.717, 1.165) is 38.2 Å². The van der Waals surface area contributed by atoms with Crippen molar-refractivity contribution in [1.82, 2.24) is 19.4 Å². The number of carbonyl (C=O) groups excluding carboxylic acids is 1. The van der Waals surface area contributed by atoms with Gasteiger partial charge in [-0.05, 0) is 24.1 Å². The summed E-state index contributed by atoms with van der Waals surface area (Å²) in [5.41, 5.74) is 0.933. The van der Waals surface area contributed by atoms with E-state index in [4.69, 9.17) is 23.2 Å². The highest BCUT2D eigenvalue weighted by Crippen LogP contribution is 2.23. The van der Waals surface area contributed by atoms with Gasteiger partial charge in [0.15, 0.2) is 0 Å². The zero-order chi connectivity index (χ0) is 16.9. The van der Waals surface area contributed by atoms with Crippen LogP contribution in [0.15, 0.2) is 36.9 Å². The van der Waals surface area contributed by atoms with Crippen molar-refractivity contribution in [3.8, 4) is 0 Å². The number of benzene rings is 1. The summed E-state index contributed by atoms with van der Waals surface area (Å²) in [5, 5.41) is 1.22. The molecule has 1 amide bonds. The quantitative estimate of drug-likeness (QED) is 0.789. The molecule has 1 aromatic carbocycles. The van der Waals surface area contributed by atoms with E-state index in [2.05, 4.69) is 14.5 Å². The minimum atomic E-state index is 0.148. The minimum absolute atomic E-state index is 0.148. The highest BCUT2D eigenvalue weighted by Gasteiger charge is 2.24. The number of hydrogen-bond acceptors (Lipinski definition) is 3. The highest BCUT2D eigenvalue weighted by atomic mass is 35.5. The molecule has 0 unspecified atom stereocenters. The number of imidazole rings is 1. The van der Waals surface area contributed by atoms with E-state index in [1.165, 1.54) is 0 Å². The Morgan fingerprint density at radius 3 is 2.75 bits per heavy atom. The number of hydrogen-bond donors (Lipinski definition) is 0. The molecule has 0 saturated carbocycles. The third-order valence-electron chi connectivity index (χ3n) is 4.22. The normalized spacial score (nSPS) is 15.9. The Balaban J connectivity index is 1.47. The van der Waals surface area contributed by atoms with E-state index in [0.29, 0.717) is 23.1 Å². The Morgan fingerprint density at radius 2 is 2.04 bits per heavy atom. The number of carbonyl (C=O) groups is 1. The minimum Gasteiger partial charge on any atom is -0.337 e. The van der Waals surface area contributed by atoms with Crippen LogP contribution in [-0.2, 0) is 17.9 Å². The molecule has 0 spiro atoms. The fourth-order valence-electron chi connectivity index (χ4n) is 2.87. The van der Waals surface area contributed by atoms with Gasteiger partial charge in [0.05, 0.1) is 12.9 Å². The van der Waals surface area contributed by atoms with Crippen molar-refractivity contribution >= 4 is 29.1 Å². The van der Waals surface area contributed by atoms with Gasteiger partial charge in [0.25, 0.3) is 0 Å². The van der Waals surface area contributed by atoms with Crippen LogP contribution < -0.4 is 0 Å². The lowest BCUT2D eigenvalue weighted by Gasteiger charge is -2.34. The van der Waals surface area contributed by atoms with Gasteiger partial charge in [0, 0.05) is 55.2 Å². The first kappa shape index (κ1) is 17.3. The lowest BCUT2D eigenvalue weighted by molar-refractivity contribution is -0.136. The monoisotopic (exact) mass is 366 g/mol. The second-order valence-corrected chi connectivity index (χ2v) is 6.82. The van der Waals surface area contributed by atoms with E-state index >= 15 is 0 Å². The second-order valence-electron chi connectivity index (χ2n) is 5.98. The molecule has 2 heterocycles. The molecule has 7 heteroatoms. The molecule has 5 nitrogen and oxygen atoms in total. The van der Waals surface area contributed by atoms with E-state index < -0.39 is 0 Å². The summed E-state index contributed by atoms with van der Waals surface area (Å²) in [6.45, 7) is 4.46. The van der Waals surface area contributed by atoms with Crippen molar-refractivity contribution in [3.05, 3.63) is 52.5 Å². The van der Waals surface area contributed by atoms with E-state index in [1.54, 1.807) is 18.3 Å². The summed E-state index contributed by atoms with van der Waals surface area (Å²) < 4.78 is 2.06. The maximum absolute atomic E-state index is 12.4. The lowest BCUT2D eigenvalue weighted by atomic mass is 10.2. The Hall–Kier alpha value is -1.56. The average molecular weight is 367 g/mol. The molecule has 2 aromatic rings. The highest BCUT2D eigenvalue weighted by molar-refractivity contribution is 6.35. The van der Waals surface area contributed by atoms with E-state index in [1.807, 2.05) is 23.5 Å². The number of aryl methyl sites for hydroxylation is 1. The molecule has 0 atom stereocenters. The molecule has 1 saturated heterocycles. The van der Waals surface area contributed by atoms with Gasteiger partial charge in [-0.15, -0.1) is 0 Å². The SMILES string of the molecule is O=C1CN(CCCn2ccnc2)CCN1Cc1ccc(Cl)cc1Cl. The number of rotatable bonds is 6. The topological polar surface area (TPSA) is 41.4 Å². The lowest BCUT2D eigenvalue weighted by Crippen LogP contribution is -2.50. The standard InChI is InChI=1S/C17H20Cl2N4O/c18-15-3-2-14(16(19)10-15)11-23-9-8-21(12-17(23)24)5-1-6-22-7-4-20-13-22/h2-4,7,10,13H,1,5-6,8-9,11-12H2. The predicted molar refractivity (Wildman–Crippen MR) is 95.2 cm³/mol. The Bertz CT molecular complexity index is 690. The summed E-state index contributed by atoms with van der Waals surface area (Å²) in [6, 6.07) is 5.41. The molecular weight excluding hydrogens is 347 g/mol. The third kappa shape index (κ3) is 4.50. The smallest absolute Gasteiger partial charge is 0.237 e. The van der Waals surface area contributed by atoms with Crippen LogP contribution in [0.2, 0.25) is 10.0 Å². The van der Waals surface area contributed by atoms with Crippen molar-refractivity contribution < 1.29 is 4.79 Å². The number of halogens is 2. The molecular formula is C17H20Cl2N4O. The Labute approximate surface area is 151 Å². The average Bonchev–Trinajstić information content (AvgIpc) is 3.05. The summed E-state index contributed by atoms with van der Waals surface area (Å²) in [7, 11) is 0. The molecule has 24 heavy (non-hydrogen) atoms. The van der Waals surface area contributed by atoms with Crippen LogP contribution in [0.4, 0.5) is 0 Å². The summed E-state index contributed by atoms with van der Waals surface area (Å²) in [6.07, 6.45) is 6.56. The first-order valence-electron chi connectivity index (χ1n) is 8.01. The molecule has 128 valence electrons. The van der Waals surface area contributed by atoms with Gasteiger partial charge in [0.1, 0.15) is 0 Å². The van der Waals surface area contributed by atoms with Gasteiger partial charge in [-0.25, -0.2) is 4.98 Å². The van der Waals surface area contributed by atoms with Crippen LogP contribution in [0.5, 0.6) is 0 Å². The Morgan fingerprint density at radius 1 is 1.17 bits per heavy atom. The summed E-state index contributed by atoms with van der Waals surface area (Å²) in [5.74, 6) is 0.148. The van der Waals surface area contributed by atoms with Crippen LogP contribution in [0.3, 0.4) is 0 Å². The van der Waals surface area contributed by atoms with Gasteiger partial charge in [-0.1, -0.05) is 29.3 Å². The number of aromatic nitrogens is 2. The van der Waals surface area contributed by atoms with Crippen LogP contribution in [0.1, 0.15) is 12.0 Å². The molecule has 0 aliphatic carbocycles. The van der Waals surface area contributed by atoms with Gasteiger partial charge in [0.2, 0.25) is 5.91 Å². The largest absolute Gasteiger partial charge is 0.337 e. The van der Waals surface area contributed by atoms with Gasteiger partial charge >= 0.3 is 0 Å². The third-order valence-corrected chi connectivity index (χ3v) is 4.81. The zero-order valence-corrected chi connectivity index (χ0v) is 14.9. The van der Waals surface area contributed by atoms with E-state index in [-0.39, 0.29) is 5.91 Å². The predicted octanol–water partition coefficient (Wildman–Crippen LogP) is 2.92. The van der Waals surface area contributed by atoms with Crippen molar-refractivity contribution in [2.75, 3.05) is 26.2 Å². The van der Waals surface area contributed by atoms with Crippen molar-refractivity contribution in [1.29, 1.82) is 0 Å². The summed E-state index contributed by atoms with van der Waals surface area (Å²) >= 11 is 12.1. The fraction of sp³-hybridized carbons (Fsp3) is 0.412. The van der Waals surface area contributed by atoms with E-state index in [9.17, 15) is 4.79 Å². The Kier molecular flexibility index (Phi) is 5.76. The van der Waals surface area contributed by atoms with Crippen molar-refractivity contribution in [2.45, 2.75) is 19.5 Å². The molecule has 0 bridgehead atoms. The number of nitrogens with zero attached hydrogens (tertiary/aromatic N) is 4. The molecule has 1 fully saturated rings. The van der Waals surface area contributed by atoms with Gasteiger partial charge < -0.3 is 9.47 Å². The van der Waals surface area contributed by atoms with Crippen LogP contribution in [0.25, 0.3) is 0 Å². The maximum Gasteiger partial charge on any atom is 0.237 e. The number of amides is 1. The molecule has 0 N–H and O–H groups in total. The molecule has 1 aliphatic rings. The first-order chi connectivity index (χ1) is 11.6.